The Morgan fingerprint density at radius 1 is 1.32 bits per heavy atom. The van der Waals surface area contributed by atoms with Crippen LogP contribution in [0.4, 0.5) is 0 Å². The van der Waals surface area contributed by atoms with Crippen molar-refractivity contribution in [3.63, 3.8) is 0 Å². The lowest BCUT2D eigenvalue weighted by Crippen LogP contribution is -2.48. The van der Waals surface area contributed by atoms with E-state index >= 15 is 0 Å². The molecule has 3 fully saturated rings. The number of amidine groups is 1. The highest BCUT2D eigenvalue weighted by Gasteiger charge is 2.59. The molecule has 28 heavy (non-hydrogen) atoms. The first-order valence-electron chi connectivity index (χ1n) is 8.94. The third-order valence-corrected chi connectivity index (χ3v) is 5.58. The molecule has 0 aromatic rings. The predicted octanol–water partition coefficient (Wildman–Crippen LogP) is 0.483. The van der Waals surface area contributed by atoms with E-state index in [1.165, 1.54) is 12.0 Å². The second-order valence-corrected chi connectivity index (χ2v) is 8.51. The number of amides is 1. The Bertz CT molecular complexity index is 707. The summed E-state index contributed by atoms with van der Waals surface area (Å²) >= 11 is 1.12. The van der Waals surface area contributed by atoms with Gasteiger partial charge in [0.15, 0.2) is 17.2 Å². The summed E-state index contributed by atoms with van der Waals surface area (Å²) in [4.78, 5) is 26.1. The maximum absolute atomic E-state index is 13.1. The lowest BCUT2D eigenvalue weighted by Gasteiger charge is -2.28. The number of ether oxygens (including phenoxy) is 4. The molecule has 3 aliphatic rings. The Kier molecular flexibility index (Phi) is 6.11. The fraction of sp³-hybridized carbons (Fsp3) is 0.765. The first-order chi connectivity index (χ1) is 13.2. The van der Waals surface area contributed by atoms with Crippen molar-refractivity contribution in [2.75, 3.05) is 13.7 Å². The number of esters is 1. The topological polar surface area (TPSA) is 119 Å². The van der Waals surface area contributed by atoms with E-state index in [0.29, 0.717) is 10.9 Å². The van der Waals surface area contributed by atoms with Crippen molar-refractivity contribution < 1.29 is 33.6 Å². The first-order valence-corrected chi connectivity index (χ1v) is 9.82. The Morgan fingerprint density at radius 3 is 2.61 bits per heavy atom. The van der Waals surface area contributed by atoms with Gasteiger partial charge >= 0.3 is 5.97 Å². The van der Waals surface area contributed by atoms with Gasteiger partial charge in [0.25, 0.3) is 0 Å². The number of rotatable bonds is 5. The molecule has 1 unspecified atom stereocenters. The third-order valence-electron chi connectivity index (χ3n) is 4.44. The van der Waals surface area contributed by atoms with Gasteiger partial charge in [0, 0.05) is 5.71 Å². The molecule has 156 valence electrons. The van der Waals surface area contributed by atoms with Crippen LogP contribution in [0.1, 0.15) is 34.1 Å². The third kappa shape index (κ3) is 4.08. The van der Waals surface area contributed by atoms with Crippen molar-refractivity contribution >= 4 is 34.5 Å². The summed E-state index contributed by atoms with van der Waals surface area (Å²) in [6, 6.07) is 0. The van der Waals surface area contributed by atoms with Crippen LogP contribution in [-0.4, -0.2) is 82.1 Å². The predicted molar refractivity (Wildman–Crippen MR) is 101 cm³/mol. The molecule has 1 amide bonds. The molecule has 0 aliphatic carbocycles. The molecular weight excluding hydrogens is 390 g/mol. The zero-order valence-corrected chi connectivity index (χ0v) is 17.3. The number of methoxy groups -OCH3 is 1. The van der Waals surface area contributed by atoms with Gasteiger partial charge in [-0.1, -0.05) is 11.8 Å². The molecule has 10 nitrogen and oxygen atoms in total. The summed E-state index contributed by atoms with van der Waals surface area (Å²) in [5.41, 5.74) is 0.706. The van der Waals surface area contributed by atoms with Crippen LogP contribution in [-0.2, 0) is 28.5 Å². The molecule has 0 bridgehead atoms. The SMILES string of the molecule is COC(=O)CC1S/C(=N/N=C(C)C)N([C@@H]2O[C@H](CO)[C@H]3OC(C)(C)O[C@H]32)C1=O. The van der Waals surface area contributed by atoms with Gasteiger partial charge in [-0.05, 0) is 27.7 Å². The van der Waals surface area contributed by atoms with Crippen LogP contribution in [0, 0.1) is 0 Å². The molecule has 11 heteroatoms. The van der Waals surface area contributed by atoms with Gasteiger partial charge in [0.05, 0.1) is 20.1 Å². The number of fused-ring (bicyclic) bond motifs is 1. The van der Waals surface area contributed by atoms with E-state index < -0.39 is 41.5 Å². The van der Waals surface area contributed by atoms with Crippen molar-refractivity contribution in [1.29, 1.82) is 0 Å². The van der Waals surface area contributed by atoms with Gasteiger partial charge in [-0.15, -0.1) is 5.10 Å². The van der Waals surface area contributed by atoms with Crippen molar-refractivity contribution in [1.82, 2.24) is 4.90 Å². The molecule has 0 aromatic carbocycles. The summed E-state index contributed by atoms with van der Waals surface area (Å²) in [5, 5.41) is 17.5. The molecular formula is C17H25N3O7S. The molecule has 3 aliphatic heterocycles. The second kappa shape index (κ2) is 8.07. The number of hydrogen-bond donors (Lipinski definition) is 1. The number of aliphatic hydroxyl groups is 1. The number of hydrogen-bond acceptors (Lipinski definition) is 10. The molecule has 3 saturated heterocycles. The summed E-state index contributed by atoms with van der Waals surface area (Å²) in [5.74, 6) is -1.72. The minimum atomic E-state index is -0.873. The molecule has 3 rings (SSSR count). The van der Waals surface area contributed by atoms with Gasteiger partial charge in [-0.25, -0.2) is 0 Å². The second-order valence-electron chi connectivity index (χ2n) is 7.34. The normalized spacial score (nSPS) is 35.4. The van der Waals surface area contributed by atoms with E-state index in [9.17, 15) is 14.7 Å². The average molecular weight is 415 g/mol. The average Bonchev–Trinajstić information content (AvgIpc) is 3.21. The van der Waals surface area contributed by atoms with Gasteiger partial charge in [-0.3, -0.25) is 14.5 Å². The fourth-order valence-corrected chi connectivity index (χ4v) is 4.39. The van der Waals surface area contributed by atoms with E-state index in [0.717, 1.165) is 11.8 Å². The van der Waals surface area contributed by atoms with E-state index in [1.54, 1.807) is 27.7 Å². The minimum Gasteiger partial charge on any atom is -0.469 e. The molecule has 0 spiro atoms. The van der Waals surface area contributed by atoms with E-state index in [4.69, 9.17) is 14.2 Å². The zero-order chi connectivity index (χ0) is 20.6. The van der Waals surface area contributed by atoms with Crippen LogP contribution in [0.2, 0.25) is 0 Å². The van der Waals surface area contributed by atoms with Crippen LogP contribution in [0.15, 0.2) is 10.2 Å². The van der Waals surface area contributed by atoms with Crippen molar-refractivity contribution in [2.45, 2.75) is 69.7 Å². The van der Waals surface area contributed by atoms with Crippen molar-refractivity contribution in [3.05, 3.63) is 0 Å². The Morgan fingerprint density at radius 2 is 2.00 bits per heavy atom. The first kappa shape index (κ1) is 21.2. The maximum Gasteiger partial charge on any atom is 0.307 e. The summed E-state index contributed by atoms with van der Waals surface area (Å²) in [7, 11) is 1.27. The van der Waals surface area contributed by atoms with E-state index in [2.05, 4.69) is 14.9 Å². The van der Waals surface area contributed by atoms with Crippen LogP contribution < -0.4 is 0 Å². The summed E-state index contributed by atoms with van der Waals surface area (Å²) in [6.07, 6.45) is -2.73. The summed E-state index contributed by atoms with van der Waals surface area (Å²) in [6.45, 7) is 6.80. The summed E-state index contributed by atoms with van der Waals surface area (Å²) < 4.78 is 22.4. The van der Waals surface area contributed by atoms with Crippen molar-refractivity contribution in [3.8, 4) is 0 Å². The van der Waals surface area contributed by atoms with Crippen LogP contribution in [0.25, 0.3) is 0 Å². The number of carbonyl (C=O) groups excluding carboxylic acids is 2. The Balaban J connectivity index is 1.92. The number of aliphatic hydroxyl groups excluding tert-OH is 1. The van der Waals surface area contributed by atoms with Gasteiger partial charge in [-0.2, -0.15) is 5.10 Å². The maximum atomic E-state index is 13.1. The van der Waals surface area contributed by atoms with Crippen LogP contribution >= 0.6 is 11.8 Å². The largest absolute Gasteiger partial charge is 0.469 e. The molecule has 0 saturated carbocycles. The zero-order valence-electron chi connectivity index (χ0n) is 16.4. The molecule has 5 atom stereocenters. The molecule has 1 N–H and O–H groups in total. The quantitative estimate of drug-likeness (QED) is 0.391. The van der Waals surface area contributed by atoms with Gasteiger partial charge < -0.3 is 24.1 Å². The van der Waals surface area contributed by atoms with Crippen molar-refractivity contribution in [2.24, 2.45) is 10.2 Å². The Hall–Kier alpha value is -1.53. The highest BCUT2D eigenvalue weighted by atomic mass is 32.2. The monoisotopic (exact) mass is 415 g/mol. The number of thioether (sulfide) groups is 1. The van der Waals surface area contributed by atoms with E-state index in [1.807, 2.05) is 0 Å². The van der Waals surface area contributed by atoms with Crippen LogP contribution in [0.3, 0.4) is 0 Å². The highest BCUT2D eigenvalue weighted by molar-refractivity contribution is 8.15. The highest BCUT2D eigenvalue weighted by Crippen LogP contribution is 2.43. The number of carbonyl (C=O) groups is 2. The molecule has 3 heterocycles. The smallest absolute Gasteiger partial charge is 0.307 e. The van der Waals surface area contributed by atoms with Crippen LogP contribution in [0.5, 0.6) is 0 Å². The minimum absolute atomic E-state index is 0.0998. The fourth-order valence-electron chi connectivity index (χ4n) is 3.31. The lowest BCUT2D eigenvalue weighted by molar-refractivity contribution is -0.203. The van der Waals surface area contributed by atoms with Gasteiger partial charge in [0.2, 0.25) is 5.91 Å². The lowest BCUT2D eigenvalue weighted by atomic mass is 10.1. The molecule has 0 radical (unpaired) electrons. The van der Waals surface area contributed by atoms with Gasteiger partial charge in [0.1, 0.15) is 23.6 Å². The molecule has 0 aromatic heterocycles. The van der Waals surface area contributed by atoms with E-state index in [-0.39, 0.29) is 18.9 Å². The Labute approximate surface area is 167 Å². The standard InChI is InChI=1S/C17H25N3O7S/c1-8(2)18-19-16-20(14(23)10(28-16)6-11(22)24-5)15-13-12(9(7-21)25-15)26-17(3,4)27-13/h9-10,12-13,15,21H,6-7H2,1-5H3/b19-16+/t9-,10?,12-,13-,15-/m1/s1. The number of nitrogens with zero attached hydrogens (tertiary/aromatic N) is 3.